The van der Waals surface area contributed by atoms with Gasteiger partial charge in [0.1, 0.15) is 0 Å². The molecule has 0 fully saturated rings. The van der Waals surface area contributed by atoms with Crippen molar-refractivity contribution >= 4 is 5.96 Å². The molecule has 0 aliphatic carbocycles. The number of rotatable bonds is 14. The summed E-state index contributed by atoms with van der Waals surface area (Å²) in [5.74, 6) is 0.905. The zero-order chi connectivity index (χ0) is 18.0. The number of unbranched alkanes of at least 4 members (excludes halogenated alkanes) is 2. The molecule has 0 saturated heterocycles. The van der Waals surface area contributed by atoms with E-state index in [1.54, 1.807) is 7.11 Å². The minimum atomic E-state index is 0.651. The monoisotopic (exact) mass is 349 g/mol. The normalized spacial score (nSPS) is 11.5. The third-order valence-corrected chi connectivity index (χ3v) is 3.77. The maximum absolute atomic E-state index is 5.44. The highest BCUT2D eigenvalue weighted by Gasteiger charge is 1.97. The van der Waals surface area contributed by atoms with Gasteiger partial charge in [0.2, 0.25) is 0 Å². The standard InChI is InChI=1S/C20H35N3O2/c1-3-21-20(23-15-10-16-25-18-17-24-2)22-14-9-5-8-13-19-11-6-4-7-12-19/h4,6-7,11-12H,3,5,8-10,13-18H2,1-2H3,(H2,21,22,23). The lowest BCUT2D eigenvalue weighted by Gasteiger charge is -2.11. The number of benzene rings is 1. The van der Waals surface area contributed by atoms with Crippen LogP contribution in [0, 0.1) is 0 Å². The first kappa shape index (κ1) is 21.5. The summed E-state index contributed by atoms with van der Waals surface area (Å²) >= 11 is 0. The lowest BCUT2D eigenvalue weighted by molar-refractivity contribution is 0.0702. The number of ether oxygens (including phenoxy) is 2. The van der Waals surface area contributed by atoms with Gasteiger partial charge >= 0.3 is 0 Å². The van der Waals surface area contributed by atoms with E-state index in [1.807, 2.05) is 0 Å². The number of nitrogens with one attached hydrogen (secondary N) is 2. The van der Waals surface area contributed by atoms with Crippen LogP contribution in [0.1, 0.15) is 38.2 Å². The van der Waals surface area contributed by atoms with Crippen LogP contribution in [0.3, 0.4) is 0 Å². The van der Waals surface area contributed by atoms with Gasteiger partial charge in [-0.15, -0.1) is 0 Å². The Bertz CT molecular complexity index is 438. The third-order valence-electron chi connectivity index (χ3n) is 3.77. The first-order valence-corrected chi connectivity index (χ1v) is 9.49. The minimum Gasteiger partial charge on any atom is -0.382 e. The van der Waals surface area contributed by atoms with Crippen molar-refractivity contribution in [2.75, 3.05) is 46.6 Å². The molecule has 0 aliphatic heterocycles. The number of hydrogen-bond donors (Lipinski definition) is 2. The summed E-state index contributed by atoms with van der Waals surface area (Å²) in [6, 6.07) is 10.7. The zero-order valence-electron chi connectivity index (χ0n) is 15.9. The van der Waals surface area contributed by atoms with Crippen molar-refractivity contribution in [3.05, 3.63) is 35.9 Å². The first-order chi connectivity index (χ1) is 12.4. The first-order valence-electron chi connectivity index (χ1n) is 9.49. The topological polar surface area (TPSA) is 54.9 Å². The van der Waals surface area contributed by atoms with E-state index in [0.717, 1.165) is 51.5 Å². The van der Waals surface area contributed by atoms with Gasteiger partial charge in [0, 0.05) is 33.4 Å². The molecule has 0 heterocycles. The SMILES string of the molecule is CCNC(=NCCCOCCOC)NCCCCCc1ccccc1. The smallest absolute Gasteiger partial charge is 0.191 e. The second-order valence-corrected chi connectivity index (χ2v) is 5.94. The Hall–Kier alpha value is -1.59. The van der Waals surface area contributed by atoms with Crippen molar-refractivity contribution in [2.45, 2.75) is 39.0 Å². The van der Waals surface area contributed by atoms with Gasteiger partial charge in [-0.05, 0) is 38.2 Å². The average molecular weight is 350 g/mol. The maximum atomic E-state index is 5.44. The molecule has 5 heteroatoms. The number of aliphatic imine (C=N–C) groups is 1. The predicted molar refractivity (Wildman–Crippen MR) is 105 cm³/mol. The molecule has 0 saturated carbocycles. The fourth-order valence-electron chi connectivity index (χ4n) is 2.43. The Labute approximate surface area is 153 Å². The van der Waals surface area contributed by atoms with Crippen LogP contribution in [0.4, 0.5) is 0 Å². The van der Waals surface area contributed by atoms with Crippen LogP contribution in [-0.4, -0.2) is 52.5 Å². The number of methoxy groups -OCH3 is 1. The van der Waals surface area contributed by atoms with Gasteiger partial charge in [0.05, 0.1) is 13.2 Å². The molecule has 2 N–H and O–H groups in total. The molecule has 1 aromatic carbocycles. The van der Waals surface area contributed by atoms with Crippen molar-refractivity contribution in [3.63, 3.8) is 0 Å². The molecule has 0 spiro atoms. The van der Waals surface area contributed by atoms with Crippen molar-refractivity contribution in [1.29, 1.82) is 0 Å². The molecular weight excluding hydrogens is 314 g/mol. The van der Waals surface area contributed by atoms with Gasteiger partial charge in [0.25, 0.3) is 0 Å². The van der Waals surface area contributed by atoms with E-state index in [4.69, 9.17) is 9.47 Å². The van der Waals surface area contributed by atoms with Crippen LogP contribution in [-0.2, 0) is 15.9 Å². The van der Waals surface area contributed by atoms with Crippen LogP contribution >= 0.6 is 0 Å². The van der Waals surface area contributed by atoms with E-state index in [0.29, 0.717) is 13.2 Å². The van der Waals surface area contributed by atoms with Gasteiger partial charge in [-0.2, -0.15) is 0 Å². The highest BCUT2D eigenvalue weighted by Crippen LogP contribution is 2.05. The minimum absolute atomic E-state index is 0.651. The number of guanidine groups is 1. The summed E-state index contributed by atoms with van der Waals surface area (Å²) in [6.45, 7) is 6.74. The molecule has 1 rings (SSSR count). The highest BCUT2D eigenvalue weighted by molar-refractivity contribution is 5.79. The van der Waals surface area contributed by atoms with E-state index in [1.165, 1.54) is 18.4 Å². The molecule has 0 unspecified atom stereocenters. The average Bonchev–Trinajstić information content (AvgIpc) is 2.64. The van der Waals surface area contributed by atoms with Gasteiger partial charge in [0.15, 0.2) is 5.96 Å². The summed E-state index contributed by atoms with van der Waals surface area (Å²) in [7, 11) is 1.68. The fourth-order valence-corrected chi connectivity index (χ4v) is 2.43. The molecule has 25 heavy (non-hydrogen) atoms. The van der Waals surface area contributed by atoms with E-state index in [2.05, 4.69) is 52.9 Å². The van der Waals surface area contributed by atoms with E-state index in [-0.39, 0.29) is 0 Å². The Morgan fingerprint density at radius 3 is 2.56 bits per heavy atom. The second kappa shape index (κ2) is 15.9. The second-order valence-electron chi connectivity index (χ2n) is 5.94. The van der Waals surface area contributed by atoms with Crippen LogP contribution in [0.5, 0.6) is 0 Å². The Kier molecular flexibility index (Phi) is 13.7. The summed E-state index contributed by atoms with van der Waals surface area (Å²) in [4.78, 5) is 4.58. The lowest BCUT2D eigenvalue weighted by atomic mass is 10.1. The molecule has 5 nitrogen and oxygen atoms in total. The van der Waals surface area contributed by atoms with Crippen LogP contribution in [0.25, 0.3) is 0 Å². The quantitative estimate of drug-likeness (QED) is 0.308. The summed E-state index contributed by atoms with van der Waals surface area (Å²) in [5.41, 5.74) is 1.43. The molecule has 0 aliphatic rings. The van der Waals surface area contributed by atoms with Gasteiger partial charge < -0.3 is 20.1 Å². The Morgan fingerprint density at radius 1 is 0.960 bits per heavy atom. The van der Waals surface area contributed by atoms with E-state index < -0.39 is 0 Å². The van der Waals surface area contributed by atoms with Crippen LogP contribution in [0.2, 0.25) is 0 Å². The Balaban J connectivity index is 2.06. The molecule has 0 aromatic heterocycles. The molecule has 0 bridgehead atoms. The van der Waals surface area contributed by atoms with E-state index >= 15 is 0 Å². The zero-order valence-corrected chi connectivity index (χ0v) is 15.9. The lowest BCUT2D eigenvalue weighted by Crippen LogP contribution is -2.37. The fraction of sp³-hybridized carbons (Fsp3) is 0.650. The molecule has 0 radical (unpaired) electrons. The molecule has 142 valence electrons. The van der Waals surface area contributed by atoms with Crippen molar-refractivity contribution < 1.29 is 9.47 Å². The number of nitrogens with zero attached hydrogens (tertiary/aromatic N) is 1. The molecule has 1 aromatic rings. The van der Waals surface area contributed by atoms with Gasteiger partial charge in [-0.25, -0.2) is 0 Å². The molecular formula is C20H35N3O2. The molecule has 0 atom stereocenters. The summed E-state index contributed by atoms with van der Waals surface area (Å²) in [5, 5.41) is 6.70. The van der Waals surface area contributed by atoms with Crippen LogP contribution < -0.4 is 10.6 Å². The number of hydrogen-bond acceptors (Lipinski definition) is 3. The third kappa shape index (κ3) is 12.4. The summed E-state index contributed by atoms with van der Waals surface area (Å²) in [6.07, 6.45) is 5.72. The summed E-state index contributed by atoms with van der Waals surface area (Å²) < 4.78 is 10.4. The predicted octanol–water partition coefficient (Wildman–Crippen LogP) is 3.01. The van der Waals surface area contributed by atoms with E-state index in [9.17, 15) is 0 Å². The van der Waals surface area contributed by atoms with Gasteiger partial charge in [-0.3, -0.25) is 4.99 Å². The van der Waals surface area contributed by atoms with Crippen molar-refractivity contribution in [1.82, 2.24) is 10.6 Å². The number of aryl methyl sites for hydroxylation is 1. The highest BCUT2D eigenvalue weighted by atomic mass is 16.5. The van der Waals surface area contributed by atoms with Crippen molar-refractivity contribution in [3.8, 4) is 0 Å². The largest absolute Gasteiger partial charge is 0.382 e. The van der Waals surface area contributed by atoms with Crippen LogP contribution in [0.15, 0.2) is 35.3 Å². The Morgan fingerprint density at radius 2 is 1.80 bits per heavy atom. The molecule has 0 amide bonds. The maximum Gasteiger partial charge on any atom is 0.191 e. The van der Waals surface area contributed by atoms with Gasteiger partial charge in [-0.1, -0.05) is 36.8 Å². The van der Waals surface area contributed by atoms with Crippen molar-refractivity contribution in [2.24, 2.45) is 4.99 Å².